The quantitative estimate of drug-likeness (QED) is 0.201. The van der Waals surface area contributed by atoms with Crippen LogP contribution in [0.4, 0.5) is 5.69 Å². The van der Waals surface area contributed by atoms with Gasteiger partial charge in [0.15, 0.2) is 11.2 Å². The van der Waals surface area contributed by atoms with Crippen LogP contribution in [0.3, 0.4) is 0 Å². The highest BCUT2D eigenvalue weighted by Gasteiger charge is 2.24. The van der Waals surface area contributed by atoms with Gasteiger partial charge in [-0.25, -0.2) is 9.67 Å². The number of hydrogen-bond donors (Lipinski definition) is 1. The number of carbonyl (C=O) groups excluding carboxylic acids is 2. The molecule has 0 unspecified atom stereocenters. The Morgan fingerprint density at radius 1 is 0.979 bits per heavy atom. The zero-order valence-corrected chi connectivity index (χ0v) is 27.1. The van der Waals surface area contributed by atoms with Crippen LogP contribution in [0.1, 0.15) is 47.4 Å². The lowest BCUT2D eigenvalue weighted by Crippen LogP contribution is -2.37. The van der Waals surface area contributed by atoms with E-state index in [0.717, 1.165) is 44.5 Å². The fraction of sp³-hybridized carbons (Fsp3) is 0.270. The zero-order valence-electron chi connectivity index (χ0n) is 26.3. The number of likely N-dealkylation sites (tertiary alicyclic amines) is 1. The minimum atomic E-state index is -0.465. The third-order valence-electron chi connectivity index (χ3n) is 9.01. The first kappa shape index (κ1) is 31.4. The lowest BCUT2D eigenvalue weighted by Gasteiger charge is -2.33. The van der Waals surface area contributed by atoms with Crippen molar-refractivity contribution in [1.82, 2.24) is 25.0 Å². The standard InChI is InChI=1S/C37H35ClN6O4/c38-28-9-7-25(8-10-28)18-29(41-37(47)35-21-33(45)31-20-30(11-12-34(31)48-35)44-24-39-23-40-44)19-26-13-16-42(17-14-26)32-5-2-1-4-27(32)22-43-15-3-6-36(43)46/h1-2,4-5,7-12,19-21,23-24,29H,3,6,13-18,22H2,(H,41,47)/t29-/m1/s1. The molecule has 7 rings (SSSR count). The maximum absolute atomic E-state index is 13.6. The Kier molecular flexibility index (Phi) is 9.07. The van der Waals surface area contributed by atoms with Crippen LogP contribution in [0.5, 0.6) is 0 Å². The smallest absolute Gasteiger partial charge is 0.287 e. The van der Waals surface area contributed by atoms with Crippen molar-refractivity contribution in [2.75, 3.05) is 24.5 Å². The van der Waals surface area contributed by atoms with Crippen molar-refractivity contribution in [3.05, 3.63) is 129 Å². The van der Waals surface area contributed by atoms with Crippen molar-refractivity contribution < 1.29 is 14.0 Å². The number of carbonyl (C=O) groups is 2. The van der Waals surface area contributed by atoms with Gasteiger partial charge in [-0.15, -0.1) is 0 Å². The zero-order chi connectivity index (χ0) is 33.0. The first-order valence-electron chi connectivity index (χ1n) is 16.2. The van der Waals surface area contributed by atoms with Crippen LogP contribution in [0.15, 0.2) is 106 Å². The molecule has 10 nitrogen and oxygen atoms in total. The van der Waals surface area contributed by atoms with Gasteiger partial charge < -0.3 is 19.5 Å². The fourth-order valence-electron chi connectivity index (χ4n) is 6.52. The second-order valence-corrected chi connectivity index (χ2v) is 12.7. The van der Waals surface area contributed by atoms with Gasteiger partial charge in [-0.3, -0.25) is 14.4 Å². The number of aromatic nitrogens is 3. The Labute approximate surface area is 282 Å². The number of para-hydroxylation sites is 1. The van der Waals surface area contributed by atoms with E-state index >= 15 is 0 Å². The van der Waals surface area contributed by atoms with Gasteiger partial charge in [0, 0.05) is 49.4 Å². The highest BCUT2D eigenvalue weighted by atomic mass is 35.5. The van der Waals surface area contributed by atoms with Crippen LogP contribution >= 0.6 is 11.6 Å². The summed E-state index contributed by atoms with van der Waals surface area (Å²) in [4.78, 5) is 47.3. The number of amides is 2. The summed E-state index contributed by atoms with van der Waals surface area (Å²) in [6.07, 6.45) is 8.87. The molecule has 2 aliphatic rings. The molecule has 1 atom stereocenters. The fourth-order valence-corrected chi connectivity index (χ4v) is 6.65. The monoisotopic (exact) mass is 662 g/mol. The van der Waals surface area contributed by atoms with Crippen LogP contribution in [0, 0.1) is 0 Å². The van der Waals surface area contributed by atoms with E-state index < -0.39 is 5.91 Å². The van der Waals surface area contributed by atoms with Gasteiger partial charge in [0.1, 0.15) is 18.2 Å². The minimum absolute atomic E-state index is 0.0524. The number of nitrogens with zero attached hydrogens (tertiary/aromatic N) is 5. The predicted molar refractivity (Wildman–Crippen MR) is 184 cm³/mol. The molecule has 2 aromatic heterocycles. The van der Waals surface area contributed by atoms with Gasteiger partial charge in [0.25, 0.3) is 5.91 Å². The van der Waals surface area contributed by atoms with E-state index in [-0.39, 0.29) is 23.1 Å². The largest absolute Gasteiger partial charge is 0.451 e. The van der Waals surface area contributed by atoms with Crippen molar-refractivity contribution in [3.63, 3.8) is 0 Å². The molecule has 0 bridgehead atoms. The van der Waals surface area contributed by atoms with E-state index in [4.69, 9.17) is 16.0 Å². The molecule has 48 heavy (non-hydrogen) atoms. The Bertz CT molecular complexity index is 2030. The number of nitrogens with one attached hydrogen (secondary N) is 1. The number of piperidine rings is 1. The third-order valence-corrected chi connectivity index (χ3v) is 9.26. The number of hydrogen-bond acceptors (Lipinski definition) is 7. The highest BCUT2D eigenvalue weighted by Crippen LogP contribution is 2.29. The number of benzene rings is 3. The normalized spacial score (nSPS) is 15.6. The number of anilines is 1. The van der Waals surface area contributed by atoms with Gasteiger partial charge in [-0.2, -0.15) is 5.10 Å². The van der Waals surface area contributed by atoms with E-state index in [2.05, 4.69) is 44.6 Å². The summed E-state index contributed by atoms with van der Waals surface area (Å²) in [5, 5.41) is 8.21. The SMILES string of the molecule is O=C(N[C@@H](C=C1CCN(c2ccccc2CN2CCCC2=O)CC1)Cc1ccc(Cl)cc1)c1cc(=O)c2cc(-n3cncn3)ccc2o1. The maximum Gasteiger partial charge on any atom is 0.287 e. The van der Waals surface area contributed by atoms with Crippen molar-refractivity contribution in [2.45, 2.75) is 44.7 Å². The van der Waals surface area contributed by atoms with Gasteiger partial charge in [-0.05, 0) is 73.2 Å². The first-order valence-corrected chi connectivity index (χ1v) is 16.6. The summed E-state index contributed by atoms with van der Waals surface area (Å²) >= 11 is 6.14. The highest BCUT2D eigenvalue weighted by molar-refractivity contribution is 6.30. The minimum Gasteiger partial charge on any atom is -0.451 e. The lowest BCUT2D eigenvalue weighted by molar-refractivity contribution is -0.128. The van der Waals surface area contributed by atoms with Crippen LogP contribution in [-0.4, -0.2) is 57.2 Å². The van der Waals surface area contributed by atoms with E-state index in [1.807, 2.05) is 35.2 Å². The van der Waals surface area contributed by atoms with Crippen LogP contribution in [0.25, 0.3) is 16.7 Å². The topological polar surface area (TPSA) is 114 Å². The van der Waals surface area contributed by atoms with Crippen LogP contribution in [0.2, 0.25) is 5.02 Å². The molecule has 1 N–H and O–H groups in total. The summed E-state index contributed by atoms with van der Waals surface area (Å²) < 4.78 is 7.49. The van der Waals surface area contributed by atoms with Gasteiger partial charge >= 0.3 is 0 Å². The Hall–Kier alpha value is -5.22. The number of fused-ring (bicyclic) bond motifs is 1. The Morgan fingerprint density at radius 2 is 1.79 bits per heavy atom. The summed E-state index contributed by atoms with van der Waals surface area (Å²) in [6, 6.07) is 21.9. The molecule has 0 radical (unpaired) electrons. The maximum atomic E-state index is 13.6. The molecule has 3 aromatic carbocycles. The third kappa shape index (κ3) is 7.03. The van der Waals surface area contributed by atoms with E-state index in [1.54, 1.807) is 29.2 Å². The van der Waals surface area contributed by atoms with Gasteiger partial charge in [0.2, 0.25) is 5.91 Å². The molecule has 2 saturated heterocycles. The summed E-state index contributed by atoms with van der Waals surface area (Å²) in [5.74, 6) is -0.292. The number of halogens is 1. The molecule has 0 spiro atoms. The molecular weight excluding hydrogens is 628 g/mol. The van der Waals surface area contributed by atoms with Crippen molar-refractivity contribution >= 4 is 40.1 Å². The van der Waals surface area contributed by atoms with Crippen molar-refractivity contribution in [2.24, 2.45) is 0 Å². The second-order valence-electron chi connectivity index (χ2n) is 12.3. The summed E-state index contributed by atoms with van der Waals surface area (Å²) in [5.41, 5.74) is 5.25. The first-order chi connectivity index (χ1) is 23.4. The average molecular weight is 663 g/mol. The molecular formula is C37H35ClN6O4. The van der Waals surface area contributed by atoms with Crippen LogP contribution in [-0.2, 0) is 17.8 Å². The van der Waals surface area contributed by atoms with E-state index in [9.17, 15) is 14.4 Å². The molecule has 4 heterocycles. The van der Waals surface area contributed by atoms with Crippen molar-refractivity contribution in [3.8, 4) is 5.69 Å². The molecule has 0 aliphatic carbocycles. The molecule has 5 aromatic rings. The van der Waals surface area contributed by atoms with E-state index in [0.29, 0.717) is 41.1 Å². The Morgan fingerprint density at radius 3 is 2.54 bits per heavy atom. The van der Waals surface area contributed by atoms with Crippen LogP contribution < -0.4 is 15.6 Å². The van der Waals surface area contributed by atoms with Gasteiger partial charge in [0.05, 0.1) is 17.1 Å². The van der Waals surface area contributed by atoms with E-state index in [1.165, 1.54) is 29.2 Å². The lowest BCUT2D eigenvalue weighted by atomic mass is 9.97. The molecule has 11 heteroatoms. The average Bonchev–Trinajstić information content (AvgIpc) is 3.79. The summed E-state index contributed by atoms with van der Waals surface area (Å²) in [7, 11) is 0. The molecule has 2 amide bonds. The molecule has 2 fully saturated rings. The van der Waals surface area contributed by atoms with Crippen molar-refractivity contribution in [1.29, 1.82) is 0 Å². The molecule has 2 aliphatic heterocycles. The summed E-state index contributed by atoms with van der Waals surface area (Å²) in [6.45, 7) is 3.11. The Balaban J connectivity index is 1.08. The van der Waals surface area contributed by atoms with Gasteiger partial charge in [-0.1, -0.05) is 53.6 Å². The molecule has 0 saturated carbocycles. The molecule has 244 valence electrons. The number of rotatable bonds is 9. The second kappa shape index (κ2) is 13.9. The predicted octanol–water partition coefficient (Wildman–Crippen LogP) is 5.72.